The quantitative estimate of drug-likeness (QED) is 0.148. The third-order valence-electron chi connectivity index (χ3n) is 5.93. The van der Waals surface area contributed by atoms with Crippen molar-refractivity contribution in [3.8, 4) is 0 Å². The summed E-state index contributed by atoms with van der Waals surface area (Å²) in [5.41, 5.74) is 13.8. The maximum atomic E-state index is 12.8. The zero-order valence-corrected chi connectivity index (χ0v) is 26.3. The SMILES string of the molecule is Cc1ccc(C(C)C)cc1.Cc1ccc(S(=O)(=O)[N-][C@@H](c2ccccc2)[C@@H]([NH-])c2ccccc2)cc1.[CH3-].[Cl][Ru+3]. The number of hydrogen-bond donors (Lipinski definition) is 0. The first-order chi connectivity index (χ1) is 18.2. The molecule has 0 fully saturated rings. The first-order valence-corrected chi connectivity index (χ1v) is 15.9. The summed E-state index contributed by atoms with van der Waals surface area (Å²) in [6.07, 6.45) is 0. The zero-order chi connectivity index (χ0) is 28.1. The fourth-order valence-electron chi connectivity index (χ4n) is 3.68. The van der Waals surface area contributed by atoms with Gasteiger partial charge in [0.15, 0.2) is 0 Å². The molecule has 7 heteroatoms. The Hall–Kier alpha value is -2.34. The van der Waals surface area contributed by atoms with Crippen LogP contribution in [-0.4, -0.2) is 8.42 Å². The molecular formula is C32H37ClN2O2RuS. The molecule has 0 saturated carbocycles. The first-order valence-electron chi connectivity index (χ1n) is 12.2. The number of sulfonamides is 1. The van der Waals surface area contributed by atoms with Crippen molar-refractivity contribution in [1.29, 1.82) is 0 Å². The number of hydrogen-bond acceptors (Lipinski definition) is 2. The average molecular weight is 650 g/mol. The Kier molecular flexibility index (Phi) is 15.5. The molecule has 1 N–H and O–H groups in total. The molecule has 4 rings (SSSR count). The van der Waals surface area contributed by atoms with Gasteiger partial charge in [0.05, 0.1) is 0 Å². The van der Waals surface area contributed by atoms with Crippen LogP contribution in [0.2, 0.25) is 0 Å². The van der Waals surface area contributed by atoms with Crippen LogP contribution in [0, 0.1) is 21.3 Å². The minimum absolute atomic E-state index is 0. The Balaban J connectivity index is 0.000000493. The summed E-state index contributed by atoms with van der Waals surface area (Å²) in [7, 11) is 0.696. The predicted octanol–water partition coefficient (Wildman–Crippen LogP) is 9.85. The molecule has 0 spiro atoms. The van der Waals surface area contributed by atoms with Gasteiger partial charge in [-0.25, -0.2) is 8.42 Å². The molecule has 0 radical (unpaired) electrons. The van der Waals surface area contributed by atoms with Gasteiger partial charge in [-0.15, -0.1) is 12.1 Å². The van der Waals surface area contributed by atoms with Crippen molar-refractivity contribution < 1.29 is 25.7 Å². The number of nitrogens with zero attached hydrogens (tertiary/aromatic N) is 1. The van der Waals surface area contributed by atoms with E-state index < -0.39 is 22.1 Å². The maximum absolute atomic E-state index is 12.8. The Labute approximate surface area is 249 Å². The van der Waals surface area contributed by atoms with Crippen LogP contribution in [0.1, 0.15) is 59.7 Å². The topological polar surface area (TPSA) is 72.0 Å². The van der Waals surface area contributed by atoms with Gasteiger partial charge < -0.3 is 17.9 Å². The fraction of sp³-hybridized carbons (Fsp3) is 0.219. The van der Waals surface area contributed by atoms with E-state index in [1.165, 1.54) is 11.1 Å². The molecule has 0 unspecified atom stereocenters. The van der Waals surface area contributed by atoms with Gasteiger partial charge in [0.25, 0.3) is 0 Å². The van der Waals surface area contributed by atoms with E-state index in [9.17, 15) is 8.42 Å². The summed E-state index contributed by atoms with van der Waals surface area (Å²) in [6.45, 7) is 8.44. The van der Waals surface area contributed by atoms with E-state index in [1.807, 2.05) is 84.9 Å². The molecule has 4 aromatic carbocycles. The standard InChI is InChI=1S/C21H20N2O2S.C10H14.CH3.ClH.Ru/c1-16-12-14-19(15-13-16)26(24,25)23-21(18-10-6-3-7-11-18)20(22)17-8-4-2-5-9-17;1-8(2)10-6-4-9(3)5-7-10;;;/h2-15,20-22H,1H3;4-8H,1-3H3;1H3;1H;/q-2;;-1;;+4/p-1/t20-,21-;;;;/m0..../s1. The molecule has 4 aromatic rings. The summed E-state index contributed by atoms with van der Waals surface area (Å²) < 4.78 is 29.8. The third kappa shape index (κ3) is 11.0. The molecule has 0 saturated heterocycles. The van der Waals surface area contributed by atoms with Gasteiger partial charge in [-0.2, -0.15) is 0 Å². The van der Waals surface area contributed by atoms with Crippen molar-refractivity contribution in [2.24, 2.45) is 0 Å². The van der Waals surface area contributed by atoms with E-state index >= 15 is 0 Å². The van der Waals surface area contributed by atoms with E-state index in [2.05, 4.69) is 59.4 Å². The van der Waals surface area contributed by atoms with Crippen LogP contribution in [0.4, 0.5) is 0 Å². The normalized spacial score (nSPS) is 12.1. The average Bonchev–Trinajstić information content (AvgIpc) is 2.94. The molecule has 0 aliphatic carbocycles. The molecule has 0 heterocycles. The van der Waals surface area contributed by atoms with Gasteiger partial charge in [0.2, 0.25) is 0 Å². The van der Waals surface area contributed by atoms with Crippen molar-refractivity contribution in [2.75, 3.05) is 0 Å². The molecule has 4 nitrogen and oxygen atoms in total. The second-order valence-corrected chi connectivity index (χ2v) is 10.8. The van der Waals surface area contributed by atoms with Gasteiger partial charge in [-0.05, 0) is 37.5 Å². The van der Waals surface area contributed by atoms with Gasteiger partial charge in [-0.1, -0.05) is 133 Å². The summed E-state index contributed by atoms with van der Waals surface area (Å²) in [5.74, 6) is 0.653. The monoisotopic (exact) mass is 650 g/mol. The summed E-state index contributed by atoms with van der Waals surface area (Å²) in [4.78, 5) is 0.143. The van der Waals surface area contributed by atoms with Crippen LogP contribution < -0.4 is 0 Å². The van der Waals surface area contributed by atoms with Gasteiger partial charge in [0, 0.05) is 4.90 Å². The number of halogens is 1. The predicted molar refractivity (Wildman–Crippen MR) is 162 cm³/mol. The Bertz CT molecular complexity index is 1320. The summed E-state index contributed by atoms with van der Waals surface area (Å²) in [5, 5.41) is 0. The molecule has 0 aromatic heterocycles. The van der Waals surface area contributed by atoms with Crippen LogP contribution >= 0.6 is 9.69 Å². The third-order valence-corrected chi connectivity index (χ3v) is 7.30. The van der Waals surface area contributed by atoms with E-state index in [0.717, 1.165) is 11.1 Å². The van der Waals surface area contributed by atoms with Crippen molar-refractivity contribution in [1.82, 2.24) is 0 Å². The number of benzene rings is 4. The van der Waals surface area contributed by atoms with Crippen LogP contribution in [0.3, 0.4) is 0 Å². The molecule has 39 heavy (non-hydrogen) atoms. The molecular weight excluding hydrogens is 613 g/mol. The van der Waals surface area contributed by atoms with Crippen molar-refractivity contribution in [3.05, 3.63) is 155 Å². The van der Waals surface area contributed by atoms with Crippen LogP contribution in [0.15, 0.2) is 114 Å². The van der Waals surface area contributed by atoms with Crippen molar-refractivity contribution in [2.45, 2.75) is 50.6 Å². The molecule has 0 aliphatic heterocycles. The zero-order valence-electron chi connectivity index (χ0n) is 23.0. The van der Waals surface area contributed by atoms with Gasteiger partial charge in [-0.3, -0.25) is 0 Å². The number of nitrogens with one attached hydrogen (secondary N) is 1. The van der Waals surface area contributed by atoms with Gasteiger partial charge in [0.1, 0.15) is 10.0 Å². The summed E-state index contributed by atoms with van der Waals surface area (Å²) in [6, 6.07) is 32.0. The minimum atomic E-state index is -3.87. The van der Waals surface area contributed by atoms with E-state index in [4.69, 9.17) is 5.73 Å². The molecule has 0 aliphatic rings. The van der Waals surface area contributed by atoms with E-state index in [1.54, 1.807) is 24.3 Å². The molecule has 0 bridgehead atoms. The van der Waals surface area contributed by atoms with Crippen LogP contribution in [0.25, 0.3) is 10.5 Å². The van der Waals surface area contributed by atoms with E-state index in [0.29, 0.717) is 11.5 Å². The molecule has 208 valence electrons. The van der Waals surface area contributed by atoms with Crippen LogP contribution in [-0.2, 0) is 27.3 Å². The van der Waals surface area contributed by atoms with Crippen molar-refractivity contribution >= 4 is 19.7 Å². The second kappa shape index (κ2) is 17.4. The Morgan fingerprint density at radius 3 is 1.51 bits per heavy atom. The summed E-state index contributed by atoms with van der Waals surface area (Å²) >= 11 is 1.82. The van der Waals surface area contributed by atoms with Crippen molar-refractivity contribution in [3.63, 3.8) is 0 Å². The number of rotatable bonds is 7. The fourth-order valence-corrected chi connectivity index (χ4v) is 4.82. The second-order valence-electron chi connectivity index (χ2n) is 9.20. The first kappa shape index (κ1) is 34.7. The van der Waals surface area contributed by atoms with Crippen LogP contribution in [0.5, 0.6) is 0 Å². The van der Waals surface area contributed by atoms with E-state index in [-0.39, 0.29) is 12.3 Å². The Morgan fingerprint density at radius 2 is 1.08 bits per heavy atom. The van der Waals surface area contributed by atoms with Gasteiger partial charge >= 0.3 is 27.0 Å². The molecule has 2 atom stereocenters. The number of aryl methyl sites for hydroxylation is 2. The molecule has 0 amide bonds. The Morgan fingerprint density at radius 1 is 0.667 bits per heavy atom.